The van der Waals surface area contributed by atoms with Crippen molar-refractivity contribution in [3.05, 3.63) is 34.6 Å². The van der Waals surface area contributed by atoms with E-state index in [-0.39, 0.29) is 11.9 Å². The number of halogens is 2. The fraction of sp³-hybridized carbons (Fsp3) is 0.538. The minimum absolute atomic E-state index is 0.103. The van der Waals surface area contributed by atoms with E-state index in [4.69, 9.17) is 17.3 Å². The second-order valence-corrected chi connectivity index (χ2v) is 5.18. The molecule has 2 N–H and O–H groups in total. The van der Waals surface area contributed by atoms with E-state index in [1.165, 1.54) is 6.07 Å². The monoisotopic (exact) mass is 256 g/mol. The van der Waals surface area contributed by atoms with Gasteiger partial charge in [-0.15, -0.1) is 0 Å². The molecule has 2 nitrogen and oxygen atoms in total. The number of rotatable bonds is 3. The molecule has 94 valence electrons. The van der Waals surface area contributed by atoms with Crippen LogP contribution in [0.4, 0.5) is 4.39 Å². The largest absolute Gasteiger partial charge is 0.329 e. The third-order valence-electron chi connectivity index (χ3n) is 3.45. The highest BCUT2D eigenvalue weighted by atomic mass is 35.5. The van der Waals surface area contributed by atoms with Gasteiger partial charge < -0.3 is 5.73 Å². The molecule has 0 saturated carbocycles. The molecule has 2 atom stereocenters. The Balaban J connectivity index is 2.29. The maximum Gasteiger partial charge on any atom is 0.129 e. The van der Waals surface area contributed by atoms with Gasteiger partial charge in [-0.05, 0) is 31.0 Å². The molecule has 0 aliphatic carbocycles. The Labute approximate surface area is 107 Å². The van der Waals surface area contributed by atoms with Crippen molar-refractivity contribution in [3.63, 3.8) is 0 Å². The number of hydrogen-bond acceptors (Lipinski definition) is 2. The van der Waals surface area contributed by atoms with Gasteiger partial charge in [-0.1, -0.05) is 24.6 Å². The van der Waals surface area contributed by atoms with E-state index < -0.39 is 0 Å². The lowest BCUT2D eigenvalue weighted by Gasteiger charge is -2.28. The number of hydrogen-bond donors (Lipinski definition) is 1. The molecule has 1 aromatic carbocycles. The topological polar surface area (TPSA) is 29.3 Å². The zero-order chi connectivity index (χ0) is 12.4. The summed E-state index contributed by atoms with van der Waals surface area (Å²) in [4.78, 5) is 2.23. The smallest absolute Gasteiger partial charge is 0.129 e. The number of nitrogens with two attached hydrogens (primary N) is 1. The molecular weight excluding hydrogens is 239 g/mol. The van der Waals surface area contributed by atoms with E-state index in [1.807, 2.05) is 0 Å². The predicted octanol–water partition coefficient (Wildman–Crippen LogP) is 2.82. The fourth-order valence-electron chi connectivity index (χ4n) is 2.53. The van der Waals surface area contributed by atoms with Crippen molar-refractivity contribution in [1.29, 1.82) is 0 Å². The van der Waals surface area contributed by atoms with Crippen molar-refractivity contribution in [2.75, 3.05) is 19.6 Å². The van der Waals surface area contributed by atoms with Crippen LogP contribution in [0.25, 0.3) is 0 Å². The average Bonchev–Trinajstić information content (AvgIpc) is 2.70. The van der Waals surface area contributed by atoms with Crippen molar-refractivity contribution in [1.82, 2.24) is 4.90 Å². The number of likely N-dealkylation sites (tertiary alicyclic amines) is 1. The first kappa shape index (κ1) is 12.8. The van der Waals surface area contributed by atoms with Gasteiger partial charge in [-0.25, -0.2) is 4.39 Å². The Hall–Kier alpha value is -0.640. The van der Waals surface area contributed by atoms with E-state index in [0.717, 1.165) is 19.5 Å². The van der Waals surface area contributed by atoms with Crippen LogP contribution in [0.3, 0.4) is 0 Å². The van der Waals surface area contributed by atoms with Crippen LogP contribution in [-0.2, 0) is 0 Å². The average molecular weight is 257 g/mol. The zero-order valence-corrected chi connectivity index (χ0v) is 10.8. The molecule has 0 spiro atoms. The van der Waals surface area contributed by atoms with Gasteiger partial charge in [0.15, 0.2) is 0 Å². The van der Waals surface area contributed by atoms with Crippen molar-refractivity contribution < 1.29 is 4.39 Å². The molecule has 1 aromatic rings. The molecule has 1 heterocycles. The first-order valence-corrected chi connectivity index (χ1v) is 6.39. The summed E-state index contributed by atoms with van der Waals surface area (Å²) in [5.41, 5.74) is 6.35. The molecule has 4 heteroatoms. The van der Waals surface area contributed by atoms with E-state index >= 15 is 0 Å². The van der Waals surface area contributed by atoms with Crippen LogP contribution >= 0.6 is 11.6 Å². The van der Waals surface area contributed by atoms with Crippen LogP contribution < -0.4 is 5.73 Å². The molecule has 1 aliphatic rings. The molecule has 0 aromatic heterocycles. The van der Waals surface area contributed by atoms with Gasteiger partial charge in [-0.3, -0.25) is 4.90 Å². The van der Waals surface area contributed by atoms with Crippen LogP contribution in [0.2, 0.25) is 5.02 Å². The van der Waals surface area contributed by atoms with Crippen LogP contribution in [-0.4, -0.2) is 24.5 Å². The summed E-state index contributed by atoms with van der Waals surface area (Å²) in [5, 5.41) is 0.472. The summed E-state index contributed by atoms with van der Waals surface area (Å²) < 4.78 is 13.9. The summed E-state index contributed by atoms with van der Waals surface area (Å²) in [5.74, 6) is 0.391. The summed E-state index contributed by atoms with van der Waals surface area (Å²) in [6, 6.07) is 4.70. The van der Waals surface area contributed by atoms with E-state index in [0.29, 0.717) is 23.0 Å². The van der Waals surface area contributed by atoms with Crippen molar-refractivity contribution in [2.24, 2.45) is 11.7 Å². The first-order chi connectivity index (χ1) is 8.13. The van der Waals surface area contributed by atoms with E-state index in [2.05, 4.69) is 11.8 Å². The summed E-state index contributed by atoms with van der Waals surface area (Å²) in [6.45, 7) is 4.53. The lowest BCUT2D eigenvalue weighted by molar-refractivity contribution is 0.239. The van der Waals surface area contributed by atoms with Crippen molar-refractivity contribution in [3.8, 4) is 0 Å². The quantitative estimate of drug-likeness (QED) is 0.901. The SMILES string of the molecule is CC1CCN(C(CN)c2c(F)cccc2Cl)C1. The lowest BCUT2D eigenvalue weighted by Crippen LogP contribution is -2.32. The van der Waals surface area contributed by atoms with Crippen LogP contribution in [0.15, 0.2) is 18.2 Å². The van der Waals surface area contributed by atoms with Gasteiger partial charge in [0, 0.05) is 23.7 Å². The Morgan fingerprint density at radius 2 is 2.35 bits per heavy atom. The Morgan fingerprint density at radius 3 is 2.88 bits per heavy atom. The van der Waals surface area contributed by atoms with Gasteiger partial charge in [0.2, 0.25) is 0 Å². The first-order valence-electron chi connectivity index (χ1n) is 6.01. The van der Waals surface area contributed by atoms with Gasteiger partial charge >= 0.3 is 0 Å². The maximum atomic E-state index is 13.9. The third kappa shape index (κ3) is 2.62. The second kappa shape index (κ2) is 5.34. The normalized spacial score (nSPS) is 22.9. The molecule has 1 saturated heterocycles. The highest BCUT2D eigenvalue weighted by Crippen LogP contribution is 2.32. The van der Waals surface area contributed by atoms with E-state index in [9.17, 15) is 4.39 Å². The van der Waals surface area contributed by atoms with Crippen LogP contribution in [0.5, 0.6) is 0 Å². The highest BCUT2D eigenvalue weighted by molar-refractivity contribution is 6.31. The Morgan fingerprint density at radius 1 is 1.59 bits per heavy atom. The van der Waals surface area contributed by atoms with Gasteiger partial charge in [0.25, 0.3) is 0 Å². The molecule has 0 radical (unpaired) electrons. The summed E-state index contributed by atoms with van der Waals surface area (Å²) in [7, 11) is 0. The molecule has 2 unspecified atom stereocenters. The van der Waals surface area contributed by atoms with Crippen LogP contribution in [0, 0.1) is 11.7 Å². The summed E-state index contributed by atoms with van der Waals surface area (Å²) >= 11 is 6.10. The molecule has 2 rings (SSSR count). The Bertz CT molecular complexity index is 377. The zero-order valence-electron chi connectivity index (χ0n) is 10.00. The molecular formula is C13H18ClFN2. The van der Waals surface area contributed by atoms with Crippen molar-refractivity contribution >= 4 is 11.6 Å². The second-order valence-electron chi connectivity index (χ2n) is 4.78. The summed E-state index contributed by atoms with van der Waals surface area (Å²) in [6.07, 6.45) is 1.14. The third-order valence-corrected chi connectivity index (χ3v) is 3.78. The van der Waals surface area contributed by atoms with Gasteiger partial charge in [0.1, 0.15) is 5.82 Å². The molecule has 0 amide bonds. The number of benzene rings is 1. The molecule has 17 heavy (non-hydrogen) atoms. The van der Waals surface area contributed by atoms with E-state index in [1.54, 1.807) is 12.1 Å². The maximum absolute atomic E-state index is 13.9. The number of nitrogens with zero attached hydrogens (tertiary/aromatic N) is 1. The van der Waals surface area contributed by atoms with Crippen molar-refractivity contribution in [2.45, 2.75) is 19.4 Å². The van der Waals surface area contributed by atoms with Gasteiger partial charge in [0.05, 0.1) is 6.04 Å². The van der Waals surface area contributed by atoms with Crippen LogP contribution in [0.1, 0.15) is 24.9 Å². The predicted molar refractivity (Wildman–Crippen MR) is 68.6 cm³/mol. The lowest BCUT2D eigenvalue weighted by atomic mass is 10.0. The standard InChI is InChI=1S/C13H18ClFN2/c1-9-5-6-17(8-9)12(7-16)13-10(14)3-2-4-11(13)15/h2-4,9,12H,5-8,16H2,1H3. The minimum Gasteiger partial charge on any atom is -0.329 e. The minimum atomic E-state index is -0.257. The molecule has 0 bridgehead atoms. The molecule has 1 aliphatic heterocycles. The fourth-order valence-corrected chi connectivity index (χ4v) is 2.82. The van der Waals surface area contributed by atoms with Gasteiger partial charge in [-0.2, -0.15) is 0 Å². The Kier molecular flexibility index (Phi) is 4.02. The molecule has 1 fully saturated rings. The highest BCUT2D eigenvalue weighted by Gasteiger charge is 2.29.